The minimum atomic E-state index is -4.05. The number of allylic oxidation sites excluding steroid dienone is 2. The van der Waals surface area contributed by atoms with E-state index in [1.54, 1.807) is 44.5 Å². The zero-order valence-corrected chi connectivity index (χ0v) is 41.4. The molecule has 2 saturated carbocycles. The van der Waals surface area contributed by atoms with Gasteiger partial charge in [-0.3, -0.25) is 28.9 Å². The third-order valence-corrected chi connectivity index (χ3v) is 16.8. The third kappa shape index (κ3) is 10.8. The molecule has 7 atom stereocenters. The highest BCUT2D eigenvalue weighted by Crippen LogP contribution is 2.58. The van der Waals surface area contributed by atoms with Crippen molar-refractivity contribution in [2.75, 3.05) is 13.7 Å². The molecule has 17 heteroatoms. The monoisotopic (exact) mass is 964 g/mol. The molecule has 14 nitrogen and oxygen atoms in total. The van der Waals surface area contributed by atoms with Crippen LogP contribution in [0, 0.1) is 29.1 Å². The van der Waals surface area contributed by atoms with Crippen LogP contribution in [0.15, 0.2) is 54.7 Å². The smallest absolute Gasteiger partial charge is 0.307 e. The first-order valence-electron chi connectivity index (χ1n) is 23.8. The van der Waals surface area contributed by atoms with Gasteiger partial charge in [0.05, 0.1) is 65.9 Å². The lowest BCUT2D eigenvalue weighted by Gasteiger charge is -2.35. The zero-order valence-electron chi connectivity index (χ0n) is 40.6. The number of ether oxygens (including phenoxy) is 4. The van der Waals surface area contributed by atoms with Crippen molar-refractivity contribution < 1.29 is 55.3 Å². The second kappa shape index (κ2) is 19.3. The molecule has 68 heavy (non-hydrogen) atoms. The van der Waals surface area contributed by atoms with Gasteiger partial charge < -0.3 is 23.8 Å². The summed E-state index contributed by atoms with van der Waals surface area (Å²) in [5.74, 6) is -6.61. The Hall–Kier alpha value is -5.19. The van der Waals surface area contributed by atoms with Crippen LogP contribution < -0.4 is 18.9 Å². The summed E-state index contributed by atoms with van der Waals surface area (Å²) in [5, 5.41) is 1.32. The molecule has 1 aromatic carbocycles. The molecular weight excluding hydrogens is 899 g/mol. The zero-order chi connectivity index (χ0) is 49.6. The molecule has 3 fully saturated rings. The molecule has 2 aliphatic carbocycles. The number of carbonyl (C=O) groups is 4. The predicted octanol–water partition coefficient (Wildman–Crippen LogP) is 8.79. The number of pyridine rings is 2. The number of sulfonamides is 1. The molecule has 0 bridgehead atoms. The Labute approximate surface area is 398 Å². The largest absolute Gasteiger partial charge is 0.497 e. The Balaban J connectivity index is 1.28. The van der Waals surface area contributed by atoms with E-state index in [-0.39, 0.29) is 43.7 Å². The molecule has 2 amide bonds. The Morgan fingerprint density at radius 2 is 1.75 bits per heavy atom. The van der Waals surface area contributed by atoms with Crippen molar-refractivity contribution in [3.05, 3.63) is 54.7 Å². The van der Waals surface area contributed by atoms with Crippen LogP contribution in [0.1, 0.15) is 120 Å². The molecule has 3 aromatic rings. The van der Waals surface area contributed by atoms with E-state index in [2.05, 4.69) is 9.71 Å². The van der Waals surface area contributed by atoms with Gasteiger partial charge in [-0.15, -0.1) is 0 Å². The van der Waals surface area contributed by atoms with Crippen LogP contribution in [0.25, 0.3) is 22.2 Å². The lowest BCUT2D eigenvalue weighted by Crippen LogP contribution is -2.49. The van der Waals surface area contributed by atoms with Crippen LogP contribution in [0.2, 0.25) is 0 Å². The number of ketones is 1. The first-order chi connectivity index (χ1) is 31.9. The molecule has 0 radical (unpaired) electrons. The predicted molar refractivity (Wildman–Crippen MR) is 252 cm³/mol. The molecule has 0 spiro atoms. The average molecular weight is 965 g/mol. The minimum Gasteiger partial charge on any atom is -0.497 e. The second-order valence-electron chi connectivity index (χ2n) is 20.6. The lowest BCUT2D eigenvalue weighted by atomic mass is 9.79. The van der Waals surface area contributed by atoms with E-state index < -0.39 is 91.6 Å². The van der Waals surface area contributed by atoms with Crippen molar-refractivity contribution in [2.24, 2.45) is 29.1 Å². The van der Waals surface area contributed by atoms with E-state index in [4.69, 9.17) is 23.9 Å². The summed E-state index contributed by atoms with van der Waals surface area (Å²) in [6, 6.07) is 9.64. The number of nitrogens with one attached hydrogen (secondary N) is 1. The fourth-order valence-electron chi connectivity index (χ4n) is 9.52. The second-order valence-corrected chi connectivity index (χ2v) is 22.8. The van der Waals surface area contributed by atoms with Crippen LogP contribution in [-0.4, -0.2) is 95.0 Å². The van der Waals surface area contributed by atoms with Crippen molar-refractivity contribution in [3.63, 3.8) is 0 Å². The maximum atomic E-state index is 15.4. The quantitative estimate of drug-likeness (QED) is 0.120. The number of alkyl halides is 2. The summed E-state index contributed by atoms with van der Waals surface area (Å²) in [4.78, 5) is 69.3. The molecule has 7 rings (SSSR count). The summed E-state index contributed by atoms with van der Waals surface area (Å²) in [7, 11) is -2.49. The molecule has 1 N–H and O–H groups in total. The molecule has 0 unspecified atom stereocenters. The molecule has 1 saturated heterocycles. The van der Waals surface area contributed by atoms with Crippen molar-refractivity contribution in [3.8, 4) is 28.8 Å². The fraction of sp³-hybridized carbons (Fsp3) is 0.608. The highest BCUT2D eigenvalue weighted by atomic mass is 32.2. The van der Waals surface area contributed by atoms with Crippen LogP contribution in [-0.2, 0) is 33.9 Å². The maximum Gasteiger partial charge on any atom is 0.307 e. The lowest BCUT2D eigenvalue weighted by molar-refractivity contribution is -0.197. The summed E-state index contributed by atoms with van der Waals surface area (Å²) < 4.78 is 80.9. The van der Waals surface area contributed by atoms with Gasteiger partial charge in [0, 0.05) is 25.2 Å². The number of rotatable bonds is 14. The van der Waals surface area contributed by atoms with E-state index in [1.165, 1.54) is 4.90 Å². The van der Waals surface area contributed by atoms with E-state index in [0.29, 0.717) is 79.1 Å². The average Bonchev–Trinajstić information content (AvgIpc) is 4.15. The van der Waals surface area contributed by atoms with Crippen LogP contribution in [0.3, 0.4) is 0 Å². The third-order valence-electron chi connectivity index (χ3n) is 14.6. The number of hydrogen-bond acceptors (Lipinski definition) is 12. The van der Waals surface area contributed by atoms with E-state index >= 15 is 9.59 Å². The Bertz CT molecular complexity index is 2540. The Morgan fingerprint density at radius 1 is 1.03 bits per heavy atom. The van der Waals surface area contributed by atoms with Gasteiger partial charge >= 0.3 is 5.97 Å². The Morgan fingerprint density at radius 3 is 2.38 bits per heavy atom. The fourth-order valence-corrected chi connectivity index (χ4v) is 10.9. The van der Waals surface area contributed by atoms with Gasteiger partial charge in [-0.25, -0.2) is 22.2 Å². The van der Waals surface area contributed by atoms with Gasteiger partial charge in [-0.05, 0) is 133 Å². The van der Waals surface area contributed by atoms with E-state index in [1.807, 2.05) is 52.0 Å². The first-order valence-corrected chi connectivity index (χ1v) is 25.3. The van der Waals surface area contributed by atoms with Crippen molar-refractivity contribution in [1.29, 1.82) is 0 Å². The summed E-state index contributed by atoms with van der Waals surface area (Å²) in [6.45, 7) is 12.2. The number of Topliss-reactive ketones (excluding diaryl/α,β-unsaturated/α-hetero) is 1. The molecule has 2 aliphatic heterocycles. The number of carbonyl (C=O) groups excluding carboxylic acids is 4. The first kappa shape index (κ1) is 50.7. The minimum absolute atomic E-state index is 0.0261. The summed E-state index contributed by atoms with van der Waals surface area (Å²) >= 11 is 0. The highest BCUT2D eigenvalue weighted by molar-refractivity contribution is 7.91. The number of aromatic nitrogens is 2. The van der Waals surface area contributed by atoms with Gasteiger partial charge in [0.1, 0.15) is 17.6 Å². The van der Waals surface area contributed by atoms with Gasteiger partial charge in [-0.2, -0.15) is 0 Å². The van der Waals surface area contributed by atoms with E-state index in [9.17, 15) is 26.8 Å². The maximum absolute atomic E-state index is 15.4. The number of fused-ring (bicyclic) bond motifs is 3. The number of esters is 1. The number of benzene rings is 1. The molecule has 2 aromatic heterocycles. The number of hydrogen-bond donors (Lipinski definition) is 1. The van der Waals surface area contributed by atoms with Gasteiger partial charge in [-0.1, -0.05) is 32.4 Å². The number of amides is 2. The van der Waals surface area contributed by atoms with Crippen molar-refractivity contribution in [2.45, 2.75) is 154 Å². The highest BCUT2D eigenvalue weighted by Gasteiger charge is 2.63. The molecule has 4 heterocycles. The summed E-state index contributed by atoms with van der Waals surface area (Å²) in [6.07, 6.45) is 7.01. The molecule has 370 valence electrons. The normalized spacial score (nSPS) is 27.0. The summed E-state index contributed by atoms with van der Waals surface area (Å²) in [5.41, 5.74) is -2.57. The van der Waals surface area contributed by atoms with Crippen molar-refractivity contribution in [1.82, 2.24) is 19.6 Å². The van der Waals surface area contributed by atoms with Gasteiger partial charge in [0.25, 0.3) is 5.92 Å². The standard InChI is InChI=1S/C51H66F2N4O10S/c1-10-32-21-31(4)13-11-12-14-34-26-51(34,47(61)56-68(62,63)49(7)19-20-49)27-43(58)42-24-37(29-57(42)46(60)39(32)25-44(59)67-48(5,6)50(8,52)53)66-45-38-17-15-35(64-9)22-33(38)23-41(55-45)40-18-16-36(28-54-40)65-30(2)3/h12,14-18,22-23,28,30-32,34,37,39,42H,10-11,13,19-21,24-27,29H2,1-9H3,(H,56,61)/b14-12-/t31-,32+,34+,37+,39-,42-,51+/m0/s1. The van der Waals surface area contributed by atoms with Crippen LogP contribution in [0.5, 0.6) is 17.4 Å². The Kier molecular flexibility index (Phi) is 14.4. The van der Waals surface area contributed by atoms with Crippen LogP contribution in [0.4, 0.5) is 8.78 Å². The number of halogens is 2. The van der Waals surface area contributed by atoms with Crippen LogP contribution >= 0.6 is 0 Å². The van der Waals surface area contributed by atoms with Gasteiger partial charge in [0.15, 0.2) is 11.4 Å². The topological polar surface area (TPSA) is 180 Å². The van der Waals surface area contributed by atoms with E-state index in [0.717, 1.165) is 13.8 Å². The number of nitrogens with zero attached hydrogens (tertiary/aromatic N) is 3. The van der Waals surface area contributed by atoms with Gasteiger partial charge in [0.2, 0.25) is 27.7 Å². The number of methoxy groups -OCH3 is 1. The molecule has 4 aliphatic rings. The molecular formula is C51H66F2N4O10S. The van der Waals surface area contributed by atoms with Crippen molar-refractivity contribution >= 4 is 44.4 Å². The SMILES string of the molecule is CC[C@@H]1C[C@@H](C)CC/C=C\[C@@H]2C[C@@]2(C(=O)NS(=O)(=O)C2(C)CC2)CC(=O)[C@@H]2C[C@@H](Oc3nc(-c4ccc(OC(C)C)cn4)cc4cc(OC)ccc34)CN2C(=O)[C@H]1CC(=O)OC(C)(C)C(C)(F)F.